The van der Waals surface area contributed by atoms with E-state index in [0.717, 1.165) is 6.42 Å². The van der Waals surface area contributed by atoms with Crippen LogP contribution in [-0.2, 0) is 10.8 Å². The quantitative estimate of drug-likeness (QED) is 0.798. The van der Waals surface area contributed by atoms with E-state index in [1.807, 2.05) is 12.1 Å². The Hall–Kier alpha value is -1.76. The average molecular weight is 252 g/mol. The monoisotopic (exact) mass is 252 g/mol. The van der Waals surface area contributed by atoms with Gasteiger partial charge in [-0.1, -0.05) is 57.2 Å². The first-order chi connectivity index (χ1) is 8.93. The Labute approximate surface area is 114 Å². The van der Waals surface area contributed by atoms with Gasteiger partial charge in [-0.2, -0.15) is 0 Å². The molecule has 1 N–H and O–H groups in total. The van der Waals surface area contributed by atoms with E-state index in [1.54, 1.807) is 12.1 Å². The summed E-state index contributed by atoms with van der Waals surface area (Å²) in [4.78, 5) is 0. The molecule has 0 saturated carbocycles. The maximum Gasteiger partial charge on any atom is 0.115 e. The molecule has 0 aromatic heterocycles. The van der Waals surface area contributed by atoms with Crippen LogP contribution in [0, 0.1) is 0 Å². The van der Waals surface area contributed by atoms with Crippen LogP contribution in [0.3, 0.4) is 0 Å². The number of phenols is 1. The zero-order valence-electron chi connectivity index (χ0n) is 11.8. The lowest BCUT2D eigenvalue weighted by atomic mass is 9.75. The van der Waals surface area contributed by atoms with Crippen LogP contribution in [0.4, 0.5) is 0 Å². The molecule has 0 bridgehead atoms. The van der Waals surface area contributed by atoms with E-state index in [4.69, 9.17) is 0 Å². The van der Waals surface area contributed by atoms with Gasteiger partial charge in [0.05, 0.1) is 0 Å². The predicted molar refractivity (Wildman–Crippen MR) is 78.6 cm³/mol. The zero-order valence-corrected chi connectivity index (χ0v) is 11.8. The van der Waals surface area contributed by atoms with E-state index in [-0.39, 0.29) is 10.8 Å². The van der Waals surface area contributed by atoms with Gasteiger partial charge in [-0.25, -0.2) is 0 Å². The lowest BCUT2D eigenvalue weighted by Crippen LogP contribution is -2.23. The van der Waals surface area contributed by atoms with Crippen LogP contribution in [0.15, 0.2) is 48.5 Å². The van der Waals surface area contributed by atoms with Gasteiger partial charge >= 0.3 is 0 Å². The summed E-state index contributed by atoms with van der Waals surface area (Å²) in [5.74, 6) is 0.331. The summed E-state index contributed by atoms with van der Waals surface area (Å²) in [7, 11) is 0. The highest BCUT2D eigenvalue weighted by Gasteiger charge is 2.45. The highest BCUT2D eigenvalue weighted by atomic mass is 16.3. The molecule has 1 aliphatic carbocycles. The van der Waals surface area contributed by atoms with Gasteiger partial charge < -0.3 is 5.11 Å². The molecule has 19 heavy (non-hydrogen) atoms. The molecule has 98 valence electrons. The Kier molecular flexibility index (Phi) is 2.50. The Bertz CT molecular complexity index is 610. The van der Waals surface area contributed by atoms with Gasteiger partial charge in [0.2, 0.25) is 0 Å². The fourth-order valence-electron chi connectivity index (χ4n) is 3.72. The second-order valence-electron chi connectivity index (χ2n) is 6.49. The Morgan fingerprint density at radius 2 is 1.42 bits per heavy atom. The largest absolute Gasteiger partial charge is 0.508 e. The van der Waals surface area contributed by atoms with Crippen LogP contribution in [-0.4, -0.2) is 5.11 Å². The van der Waals surface area contributed by atoms with E-state index < -0.39 is 0 Å². The molecule has 1 atom stereocenters. The van der Waals surface area contributed by atoms with Crippen LogP contribution in [0.2, 0.25) is 0 Å². The normalized spacial score (nSPS) is 24.2. The molecule has 0 spiro atoms. The van der Waals surface area contributed by atoms with E-state index in [0.29, 0.717) is 5.75 Å². The number of aromatic hydroxyl groups is 1. The van der Waals surface area contributed by atoms with Gasteiger partial charge in [0.25, 0.3) is 0 Å². The van der Waals surface area contributed by atoms with Crippen molar-refractivity contribution < 1.29 is 5.11 Å². The van der Waals surface area contributed by atoms with Crippen LogP contribution < -0.4 is 0 Å². The van der Waals surface area contributed by atoms with Crippen LogP contribution >= 0.6 is 0 Å². The van der Waals surface area contributed by atoms with Crippen molar-refractivity contribution in [1.29, 1.82) is 0 Å². The van der Waals surface area contributed by atoms with Gasteiger partial charge in [-0.15, -0.1) is 0 Å². The van der Waals surface area contributed by atoms with Crippen molar-refractivity contribution in [2.75, 3.05) is 0 Å². The minimum absolute atomic E-state index is 0.0355. The van der Waals surface area contributed by atoms with E-state index in [2.05, 4.69) is 45.0 Å². The third-order valence-electron chi connectivity index (χ3n) is 4.55. The van der Waals surface area contributed by atoms with Gasteiger partial charge in [-0.3, -0.25) is 0 Å². The van der Waals surface area contributed by atoms with Crippen molar-refractivity contribution in [3.05, 3.63) is 65.2 Å². The van der Waals surface area contributed by atoms with Crippen molar-refractivity contribution in [3.63, 3.8) is 0 Å². The van der Waals surface area contributed by atoms with Crippen molar-refractivity contribution in [1.82, 2.24) is 0 Å². The average Bonchev–Trinajstić information content (AvgIpc) is 2.59. The molecule has 3 rings (SSSR count). The van der Waals surface area contributed by atoms with Crippen molar-refractivity contribution in [3.8, 4) is 5.75 Å². The van der Waals surface area contributed by atoms with Crippen LogP contribution in [0.5, 0.6) is 5.75 Å². The Morgan fingerprint density at radius 1 is 0.842 bits per heavy atom. The molecular weight excluding hydrogens is 232 g/mol. The van der Waals surface area contributed by atoms with E-state index >= 15 is 0 Å². The lowest BCUT2D eigenvalue weighted by Gasteiger charge is -2.28. The van der Waals surface area contributed by atoms with Crippen LogP contribution in [0.25, 0.3) is 0 Å². The van der Waals surface area contributed by atoms with Crippen molar-refractivity contribution in [2.45, 2.75) is 38.0 Å². The summed E-state index contributed by atoms with van der Waals surface area (Å²) in [5.41, 5.74) is 4.39. The number of hydrogen-bond acceptors (Lipinski definition) is 1. The Morgan fingerprint density at radius 3 is 2.05 bits per heavy atom. The maximum atomic E-state index is 9.48. The molecule has 0 fully saturated rings. The zero-order chi connectivity index (χ0) is 13.7. The summed E-state index contributed by atoms with van der Waals surface area (Å²) < 4.78 is 0. The molecule has 1 unspecified atom stereocenters. The summed E-state index contributed by atoms with van der Waals surface area (Å²) in [6, 6.07) is 16.4. The fraction of sp³-hybridized carbons (Fsp3) is 0.333. The van der Waals surface area contributed by atoms with Crippen molar-refractivity contribution >= 4 is 0 Å². The molecule has 0 radical (unpaired) electrons. The molecule has 1 heteroatoms. The maximum absolute atomic E-state index is 9.48. The first kappa shape index (κ1) is 12.3. The number of phenolic OH excluding ortho intramolecular Hbond substituents is 1. The van der Waals surface area contributed by atoms with Gasteiger partial charge in [0, 0.05) is 5.41 Å². The molecule has 0 saturated heterocycles. The topological polar surface area (TPSA) is 20.2 Å². The number of fused-ring (bicyclic) bond motifs is 1. The molecule has 0 amide bonds. The van der Waals surface area contributed by atoms with Gasteiger partial charge in [0.1, 0.15) is 5.75 Å². The van der Waals surface area contributed by atoms with Gasteiger partial charge in [0.15, 0.2) is 0 Å². The fourth-order valence-corrected chi connectivity index (χ4v) is 3.72. The number of benzene rings is 2. The Balaban J connectivity index is 2.19. The smallest absolute Gasteiger partial charge is 0.115 e. The first-order valence-corrected chi connectivity index (χ1v) is 6.83. The minimum atomic E-state index is 0.0355. The molecule has 2 aromatic rings. The van der Waals surface area contributed by atoms with E-state index in [1.165, 1.54) is 16.7 Å². The molecule has 1 aliphatic rings. The molecule has 1 nitrogen and oxygen atoms in total. The number of hydrogen-bond donors (Lipinski definition) is 1. The molecule has 2 aromatic carbocycles. The standard InChI is InChI=1S/C18H20O/c1-17(2)12-18(3,13-8-10-14(19)11-9-13)16-7-5-4-6-15(16)17/h4-11,19H,12H2,1-3H3. The minimum Gasteiger partial charge on any atom is -0.508 e. The summed E-state index contributed by atoms with van der Waals surface area (Å²) in [6.45, 7) is 6.95. The first-order valence-electron chi connectivity index (χ1n) is 6.83. The summed E-state index contributed by atoms with van der Waals surface area (Å²) >= 11 is 0. The predicted octanol–water partition coefficient (Wildman–Crippen LogP) is 4.38. The summed E-state index contributed by atoms with van der Waals surface area (Å²) in [6.07, 6.45) is 1.10. The SMILES string of the molecule is CC1(C)CC(C)(c2ccc(O)cc2)c2ccccc21. The van der Waals surface area contributed by atoms with E-state index in [9.17, 15) is 5.11 Å². The number of rotatable bonds is 1. The highest BCUT2D eigenvalue weighted by Crippen LogP contribution is 2.52. The second kappa shape index (κ2) is 3.86. The highest BCUT2D eigenvalue weighted by molar-refractivity contribution is 5.51. The van der Waals surface area contributed by atoms with Gasteiger partial charge in [-0.05, 0) is 40.7 Å². The third-order valence-corrected chi connectivity index (χ3v) is 4.55. The molecule has 0 aliphatic heterocycles. The lowest BCUT2D eigenvalue weighted by molar-refractivity contribution is 0.424. The third kappa shape index (κ3) is 1.76. The second-order valence-corrected chi connectivity index (χ2v) is 6.49. The van der Waals surface area contributed by atoms with Crippen molar-refractivity contribution in [2.24, 2.45) is 0 Å². The molecule has 0 heterocycles. The van der Waals surface area contributed by atoms with Crippen LogP contribution in [0.1, 0.15) is 43.9 Å². The molecular formula is C18H20O. The summed E-state index contributed by atoms with van der Waals surface area (Å²) in [5, 5.41) is 9.48.